The Balaban J connectivity index is 1.51. The zero-order valence-electron chi connectivity index (χ0n) is 20.4. The van der Waals surface area contributed by atoms with E-state index in [1.807, 2.05) is 29.2 Å². The molecule has 0 aliphatic carbocycles. The molecule has 1 saturated heterocycles. The number of nitrogens with zero attached hydrogens (tertiary/aromatic N) is 5. The zero-order valence-corrected chi connectivity index (χ0v) is 20.4. The minimum absolute atomic E-state index is 0.198. The molecule has 0 radical (unpaired) electrons. The van der Waals surface area contributed by atoms with Crippen LogP contribution in [0.5, 0.6) is 5.88 Å². The molecule has 1 fully saturated rings. The Morgan fingerprint density at radius 2 is 1.85 bits per heavy atom. The first-order chi connectivity index (χ1) is 16.5. The molecule has 1 unspecified atom stereocenters. The fourth-order valence-corrected chi connectivity index (χ4v) is 5.06. The van der Waals surface area contributed by atoms with Crippen LogP contribution >= 0.6 is 0 Å². The maximum atomic E-state index is 5.93. The molecule has 0 aromatic carbocycles. The van der Waals surface area contributed by atoms with Crippen molar-refractivity contribution in [1.82, 2.24) is 24.6 Å². The number of rotatable bonds is 5. The van der Waals surface area contributed by atoms with Gasteiger partial charge in [0.2, 0.25) is 5.88 Å². The van der Waals surface area contributed by atoms with Crippen LogP contribution < -0.4 is 4.74 Å². The van der Waals surface area contributed by atoms with Gasteiger partial charge in [-0.3, -0.25) is 9.88 Å². The summed E-state index contributed by atoms with van der Waals surface area (Å²) in [5.41, 5.74) is 6.48. The van der Waals surface area contributed by atoms with E-state index in [2.05, 4.69) is 42.8 Å². The molecule has 5 rings (SSSR count). The highest BCUT2D eigenvalue weighted by atomic mass is 16.5. The second kappa shape index (κ2) is 9.82. The van der Waals surface area contributed by atoms with E-state index < -0.39 is 0 Å². The van der Waals surface area contributed by atoms with Crippen molar-refractivity contribution in [2.75, 3.05) is 33.4 Å². The van der Waals surface area contributed by atoms with Crippen molar-refractivity contribution in [3.05, 3.63) is 53.6 Å². The van der Waals surface area contributed by atoms with Gasteiger partial charge in [-0.1, -0.05) is 0 Å². The minimum Gasteiger partial charge on any atom is -0.481 e. The summed E-state index contributed by atoms with van der Waals surface area (Å²) in [6, 6.07) is 8.32. The van der Waals surface area contributed by atoms with Crippen molar-refractivity contribution in [2.24, 2.45) is 0 Å². The molecule has 180 valence electrons. The molecule has 2 aliphatic heterocycles. The Kier molecular flexibility index (Phi) is 6.63. The van der Waals surface area contributed by atoms with Crippen molar-refractivity contribution >= 4 is 0 Å². The van der Waals surface area contributed by atoms with Gasteiger partial charge in [-0.25, -0.2) is 9.67 Å². The molecule has 0 saturated carbocycles. The maximum absolute atomic E-state index is 5.93. The summed E-state index contributed by atoms with van der Waals surface area (Å²) >= 11 is 0. The molecule has 0 bridgehead atoms. The number of ether oxygens (including phenoxy) is 3. The summed E-state index contributed by atoms with van der Waals surface area (Å²) < 4.78 is 19.0. The van der Waals surface area contributed by atoms with E-state index >= 15 is 0 Å². The number of methoxy groups -OCH3 is 1. The average molecular weight is 464 g/mol. The third-order valence-electron chi connectivity index (χ3n) is 6.72. The van der Waals surface area contributed by atoms with E-state index in [4.69, 9.17) is 24.3 Å². The van der Waals surface area contributed by atoms with Crippen molar-refractivity contribution in [2.45, 2.75) is 51.9 Å². The molecular formula is C26H33N5O3. The molecule has 0 spiro atoms. The van der Waals surface area contributed by atoms with Crippen molar-refractivity contribution < 1.29 is 14.2 Å². The first-order valence-electron chi connectivity index (χ1n) is 12.1. The SMILES string of the molecule is COc1ccc(-n2nc(-c3ccnc(C(C)N4C[C@@H](C)O[C@@H](C)C4)c3)c3c2CCOCC3)cn1. The summed E-state index contributed by atoms with van der Waals surface area (Å²) in [6.07, 6.45) is 5.80. The number of morpholine rings is 1. The molecule has 8 heteroatoms. The molecule has 2 aliphatic rings. The molecule has 3 atom stereocenters. The Bertz CT molecular complexity index is 1120. The summed E-state index contributed by atoms with van der Waals surface area (Å²) in [7, 11) is 1.62. The van der Waals surface area contributed by atoms with Crippen LogP contribution in [0.2, 0.25) is 0 Å². The van der Waals surface area contributed by atoms with E-state index in [9.17, 15) is 0 Å². The monoisotopic (exact) mass is 463 g/mol. The van der Waals surface area contributed by atoms with Gasteiger partial charge in [0, 0.05) is 48.9 Å². The lowest BCUT2D eigenvalue weighted by Gasteiger charge is -2.38. The molecule has 3 aromatic rings. The van der Waals surface area contributed by atoms with E-state index in [0.29, 0.717) is 19.1 Å². The molecular weight excluding hydrogens is 430 g/mol. The molecule has 34 heavy (non-hydrogen) atoms. The third kappa shape index (κ3) is 4.58. The van der Waals surface area contributed by atoms with Crippen LogP contribution in [0.1, 0.15) is 43.8 Å². The quantitative estimate of drug-likeness (QED) is 0.572. The van der Waals surface area contributed by atoms with Crippen LogP contribution in [-0.2, 0) is 22.3 Å². The third-order valence-corrected chi connectivity index (χ3v) is 6.72. The predicted molar refractivity (Wildman–Crippen MR) is 129 cm³/mol. The van der Waals surface area contributed by atoms with E-state index in [0.717, 1.165) is 48.6 Å². The lowest BCUT2D eigenvalue weighted by atomic mass is 10.0. The second-order valence-corrected chi connectivity index (χ2v) is 9.21. The normalized spacial score (nSPS) is 22.1. The largest absolute Gasteiger partial charge is 0.481 e. The molecule has 5 heterocycles. The number of pyridine rings is 2. The summed E-state index contributed by atoms with van der Waals surface area (Å²) in [5.74, 6) is 0.588. The highest BCUT2D eigenvalue weighted by Gasteiger charge is 2.28. The van der Waals surface area contributed by atoms with Gasteiger partial charge in [-0.2, -0.15) is 5.10 Å². The number of hydrogen-bond acceptors (Lipinski definition) is 7. The van der Waals surface area contributed by atoms with Crippen molar-refractivity contribution in [1.29, 1.82) is 0 Å². The predicted octanol–water partition coefficient (Wildman–Crippen LogP) is 3.62. The minimum atomic E-state index is 0.198. The summed E-state index contributed by atoms with van der Waals surface area (Å²) in [4.78, 5) is 11.6. The lowest BCUT2D eigenvalue weighted by Crippen LogP contribution is -2.46. The molecule has 8 nitrogen and oxygen atoms in total. The van der Waals surface area contributed by atoms with Gasteiger partial charge in [-0.05, 0) is 45.4 Å². The van der Waals surface area contributed by atoms with Gasteiger partial charge >= 0.3 is 0 Å². The van der Waals surface area contributed by atoms with Gasteiger partial charge in [0.25, 0.3) is 0 Å². The van der Waals surface area contributed by atoms with Gasteiger partial charge < -0.3 is 14.2 Å². The first kappa shape index (κ1) is 23.0. The van der Waals surface area contributed by atoms with Crippen LogP contribution in [-0.4, -0.2) is 70.3 Å². The molecule has 0 amide bonds. The Morgan fingerprint density at radius 3 is 2.59 bits per heavy atom. The van der Waals surface area contributed by atoms with Crippen LogP contribution in [0.25, 0.3) is 16.9 Å². The van der Waals surface area contributed by atoms with Gasteiger partial charge in [0.1, 0.15) is 0 Å². The van der Waals surface area contributed by atoms with Crippen molar-refractivity contribution in [3.8, 4) is 22.8 Å². The highest BCUT2D eigenvalue weighted by molar-refractivity contribution is 5.65. The summed E-state index contributed by atoms with van der Waals surface area (Å²) in [5, 5.41) is 5.09. The summed E-state index contributed by atoms with van der Waals surface area (Å²) in [6.45, 7) is 9.70. The van der Waals surface area contributed by atoms with E-state index in [-0.39, 0.29) is 18.2 Å². The van der Waals surface area contributed by atoms with Gasteiger partial charge in [0.15, 0.2) is 0 Å². The Hall–Kier alpha value is -2.81. The maximum Gasteiger partial charge on any atom is 0.213 e. The first-order valence-corrected chi connectivity index (χ1v) is 12.1. The van der Waals surface area contributed by atoms with Crippen LogP contribution in [0.3, 0.4) is 0 Å². The average Bonchev–Trinajstić information content (AvgIpc) is 3.03. The molecule has 3 aromatic heterocycles. The van der Waals surface area contributed by atoms with Crippen LogP contribution in [0.15, 0.2) is 36.7 Å². The fraction of sp³-hybridized carbons (Fsp3) is 0.500. The topological polar surface area (TPSA) is 74.5 Å². The zero-order chi connectivity index (χ0) is 23.7. The smallest absolute Gasteiger partial charge is 0.213 e. The van der Waals surface area contributed by atoms with E-state index in [1.54, 1.807) is 7.11 Å². The van der Waals surface area contributed by atoms with Gasteiger partial charge in [0.05, 0.1) is 61.5 Å². The number of aromatic nitrogens is 4. The fourth-order valence-electron chi connectivity index (χ4n) is 5.06. The Labute approximate surface area is 200 Å². The Morgan fingerprint density at radius 1 is 1.06 bits per heavy atom. The van der Waals surface area contributed by atoms with Crippen molar-refractivity contribution in [3.63, 3.8) is 0 Å². The number of hydrogen-bond donors (Lipinski definition) is 0. The van der Waals surface area contributed by atoms with Crippen LogP contribution in [0, 0.1) is 0 Å². The highest BCUT2D eigenvalue weighted by Crippen LogP contribution is 2.32. The molecule has 0 N–H and O–H groups in total. The van der Waals surface area contributed by atoms with Crippen LogP contribution in [0.4, 0.5) is 0 Å². The van der Waals surface area contributed by atoms with Gasteiger partial charge in [-0.15, -0.1) is 0 Å². The number of fused-ring (bicyclic) bond motifs is 1. The lowest BCUT2D eigenvalue weighted by molar-refractivity contribution is -0.0793. The van der Waals surface area contributed by atoms with E-state index in [1.165, 1.54) is 11.3 Å². The second-order valence-electron chi connectivity index (χ2n) is 9.21. The standard InChI is InChI=1S/C26H33N5O3/c1-17-15-30(16-18(2)34-17)19(3)23-13-20(7-10-27-23)26-22-8-11-33-12-9-24(22)31(29-26)21-5-6-25(32-4)28-14-21/h5-7,10,13-14,17-19H,8-9,11-12,15-16H2,1-4H3/t17-,18+,19?.